The van der Waals surface area contributed by atoms with Crippen molar-refractivity contribution in [3.8, 4) is 6.07 Å². The number of nitrogens with zero attached hydrogens (tertiary/aromatic N) is 4. The normalized spacial score (nSPS) is 24.3. The van der Waals surface area contributed by atoms with Gasteiger partial charge in [0.25, 0.3) is 5.91 Å². The van der Waals surface area contributed by atoms with E-state index in [0.717, 1.165) is 0 Å². The Bertz CT molecular complexity index is 1070. The van der Waals surface area contributed by atoms with Crippen LogP contribution in [-0.4, -0.2) is 50.3 Å². The van der Waals surface area contributed by atoms with Gasteiger partial charge in [0, 0.05) is 22.8 Å². The molecule has 9 nitrogen and oxygen atoms in total. The van der Waals surface area contributed by atoms with Gasteiger partial charge in [-0.25, -0.2) is 0 Å². The molecule has 4 rings (SSSR count). The zero-order valence-corrected chi connectivity index (χ0v) is 18.4. The molecule has 10 heteroatoms. The molecule has 0 bridgehead atoms. The third-order valence-electron chi connectivity index (χ3n) is 6.15. The van der Waals surface area contributed by atoms with Gasteiger partial charge in [-0.3, -0.25) is 14.3 Å². The number of nitriles is 1. The van der Waals surface area contributed by atoms with Gasteiger partial charge in [-0.05, 0) is 50.5 Å². The first-order chi connectivity index (χ1) is 15.2. The summed E-state index contributed by atoms with van der Waals surface area (Å²) in [6.07, 6.45) is 3.14. The Hall–Kier alpha value is -3.09. The van der Waals surface area contributed by atoms with Crippen LogP contribution in [-0.2, 0) is 4.79 Å². The topological polar surface area (TPSA) is 137 Å². The Morgan fingerprint density at radius 1 is 1.31 bits per heavy atom. The second kappa shape index (κ2) is 8.45. The molecule has 1 aliphatic carbocycles. The predicted molar refractivity (Wildman–Crippen MR) is 118 cm³/mol. The fourth-order valence-electron chi connectivity index (χ4n) is 4.53. The van der Waals surface area contributed by atoms with Gasteiger partial charge in [0.05, 0.1) is 36.7 Å². The minimum absolute atomic E-state index is 0.0152. The molecule has 2 amide bonds. The number of nitrogens with two attached hydrogens (primary N) is 1. The lowest BCUT2D eigenvalue weighted by atomic mass is 9.77. The van der Waals surface area contributed by atoms with Crippen molar-refractivity contribution < 1.29 is 14.7 Å². The molecule has 0 unspecified atom stereocenters. The maximum absolute atomic E-state index is 12.7. The van der Waals surface area contributed by atoms with Crippen LogP contribution in [0.15, 0.2) is 30.5 Å². The largest absolute Gasteiger partial charge is 0.386 e. The third kappa shape index (κ3) is 4.42. The fourth-order valence-corrected chi connectivity index (χ4v) is 4.65. The Balaban J connectivity index is 1.50. The van der Waals surface area contributed by atoms with Gasteiger partial charge in [-0.1, -0.05) is 11.6 Å². The van der Waals surface area contributed by atoms with E-state index in [1.54, 1.807) is 47.0 Å². The van der Waals surface area contributed by atoms with Gasteiger partial charge in [0.2, 0.25) is 5.91 Å². The minimum atomic E-state index is -0.824. The zero-order chi connectivity index (χ0) is 23.0. The summed E-state index contributed by atoms with van der Waals surface area (Å²) in [7, 11) is 0. The first-order valence-electron chi connectivity index (χ1n) is 10.5. The molecule has 2 fully saturated rings. The molecular formula is C22H25ClN6O3. The molecule has 2 heterocycles. The monoisotopic (exact) mass is 456 g/mol. The predicted octanol–water partition coefficient (Wildman–Crippen LogP) is 2.45. The van der Waals surface area contributed by atoms with E-state index in [4.69, 9.17) is 17.3 Å². The smallest absolute Gasteiger partial charge is 0.254 e. The van der Waals surface area contributed by atoms with E-state index >= 15 is 0 Å². The summed E-state index contributed by atoms with van der Waals surface area (Å²) in [5.74, 6) is -1.04. The van der Waals surface area contributed by atoms with Crippen molar-refractivity contribution in [3.63, 3.8) is 0 Å². The third-order valence-corrected chi connectivity index (χ3v) is 6.40. The number of benzene rings is 1. The highest BCUT2D eigenvalue weighted by Gasteiger charge is 2.44. The number of likely N-dealkylation sites (tertiary alicyclic amines) is 1. The number of anilines is 2. The number of hydrogen-bond donors (Lipinski definition) is 3. The molecule has 0 spiro atoms. The average Bonchev–Trinajstić information content (AvgIpc) is 3.16. The fraction of sp³-hybridized carbons (Fsp3) is 0.455. The van der Waals surface area contributed by atoms with Crippen molar-refractivity contribution in [2.75, 3.05) is 18.4 Å². The molecule has 1 saturated heterocycles. The lowest BCUT2D eigenvalue weighted by Gasteiger charge is -2.46. The SMILES string of the molecule is CC1(O)CN(C(=O)[C@@H]2CC[C@@H](n3cc(C(N)=O)c(Nc4ccc(Cl)cc4)n3)[C@H](C#N)C2)C1. The number of nitrogens with one attached hydrogen (secondary N) is 1. The van der Waals surface area contributed by atoms with Gasteiger partial charge in [0.15, 0.2) is 5.82 Å². The van der Waals surface area contributed by atoms with Crippen LogP contribution in [0.4, 0.5) is 11.5 Å². The number of carbonyl (C=O) groups is 2. The van der Waals surface area contributed by atoms with Crippen LogP contribution >= 0.6 is 11.6 Å². The second-order valence-corrected chi connectivity index (χ2v) is 9.31. The van der Waals surface area contributed by atoms with E-state index in [2.05, 4.69) is 16.5 Å². The summed E-state index contributed by atoms with van der Waals surface area (Å²) < 4.78 is 1.61. The number of carbonyl (C=O) groups excluding carboxylic acids is 2. The molecule has 2 aliphatic rings. The van der Waals surface area contributed by atoms with Crippen LogP contribution in [0.5, 0.6) is 0 Å². The summed E-state index contributed by atoms with van der Waals surface area (Å²) in [6.45, 7) is 2.35. The van der Waals surface area contributed by atoms with E-state index < -0.39 is 17.4 Å². The van der Waals surface area contributed by atoms with Crippen molar-refractivity contribution in [2.45, 2.75) is 37.8 Å². The Kier molecular flexibility index (Phi) is 5.84. The highest BCUT2D eigenvalue weighted by Crippen LogP contribution is 2.39. The standard InChI is InChI=1S/C22H25ClN6O3/c1-22(32)11-28(12-22)21(31)13-2-7-18(14(8-13)9-24)29-10-17(19(25)30)20(27-29)26-16-5-3-15(23)4-6-16/h3-6,10,13-14,18,32H,2,7-8,11-12H2,1H3,(H2,25,30)(H,26,27)/t13-,14+,18-/m1/s1. The van der Waals surface area contributed by atoms with Crippen molar-refractivity contribution in [1.82, 2.24) is 14.7 Å². The van der Waals surface area contributed by atoms with Crippen molar-refractivity contribution >= 4 is 34.9 Å². The van der Waals surface area contributed by atoms with E-state index in [1.807, 2.05) is 0 Å². The number of aromatic nitrogens is 2. The van der Waals surface area contributed by atoms with Gasteiger partial charge < -0.3 is 21.1 Å². The first-order valence-corrected chi connectivity index (χ1v) is 10.9. The van der Waals surface area contributed by atoms with Crippen LogP contribution in [0.2, 0.25) is 5.02 Å². The second-order valence-electron chi connectivity index (χ2n) is 8.87. The van der Waals surface area contributed by atoms with Gasteiger partial charge in [-0.15, -0.1) is 0 Å². The van der Waals surface area contributed by atoms with Gasteiger partial charge in [-0.2, -0.15) is 10.4 Å². The van der Waals surface area contributed by atoms with Crippen LogP contribution < -0.4 is 11.1 Å². The van der Waals surface area contributed by atoms with Crippen LogP contribution in [0.1, 0.15) is 42.6 Å². The molecule has 0 radical (unpaired) electrons. The van der Waals surface area contributed by atoms with Crippen molar-refractivity contribution in [1.29, 1.82) is 5.26 Å². The van der Waals surface area contributed by atoms with Crippen molar-refractivity contribution in [2.24, 2.45) is 17.6 Å². The molecular weight excluding hydrogens is 432 g/mol. The van der Waals surface area contributed by atoms with Crippen LogP contribution in [0.3, 0.4) is 0 Å². The quantitative estimate of drug-likeness (QED) is 0.631. The van der Waals surface area contributed by atoms with Gasteiger partial charge >= 0.3 is 0 Å². The summed E-state index contributed by atoms with van der Waals surface area (Å²) in [5, 5.41) is 27.9. The number of β-amino-alcohol motifs (C(OH)–C–C–N with tert-alkyl or cyclic N) is 1. The maximum atomic E-state index is 12.7. The lowest BCUT2D eigenvalue weighted by molar-refractivity contribution is -0.158. The van der Waals surface area contributed by atoms with Crippen LogP contribution in [0, 0.1) is 23.2 Å². The van der Waals surface area contributed by atoms with Gasteiger partial charge in [0.1, 0.15) is 5.56 Å². The Morgan fingerprint density at radius 3 is 2.59 bits per heavy atom. The molecule has 2 aromatic rings. The molecule has 3 atom stereocenters. The number of aliphatic hydroxyl groups is 1. The molecule has 1 aliphatic heterocycles. The molecule has 4 N–H and O–H groups in total. The molecule has 1 aromatic heterocycles. The van der Waals surface area contributed by atoms with E-state index in [-0.39, 0.29) is 23.4 Å². The van der Waals surface area contributed by atoms with Crippen molar-refractivity contribution in [3.05, 3.63) is 41.0 Å². The number of halogens is 1. The number of amides is 2. The molecule has 32 heavy (non-hydrogen) atoms. The lowest BCUT2D eigenvalue weighted by Crippen LogP contribution is -2.63. The highest BCUT2D eigenvalue weighted by atomic mass is 35.5. The van der Waals surface area contributed by atoms with E-state index in [9.17, 15) is 20.0 Å². The summed E-state index contributed by atoms with van der Waals surface area (Å²) >= 11 is 5.92. The molecule has 1 saturated carbocycles. The summed E-state index contributed by atoms with van der Waals surface area (Å²) in [5.41, 5.74) is 5.64. The zero-order valence-electron chi connectivity index (χ0n) is 17.7. The Labute approximate surface area is 190 Å². The molecule has 168 valence electrons. The highest BCUT2D eigenvalue weighted by molar-refractivity contribution is 6.30. The average molecular weight is 457 g/mol. The summed E-state index contributed by atoms with van der Waals surface area (Å²) in [6, 6.07) is 8.98. The van der Waals surface area contributed by atoms with E-state index in [1.165, 1.54) is 0 Å². The first kappa shape index (κ1) is 22.1. The maximum Gasteiger partial charge on any atom is 0.254 e. The summed E-state index contributed by atoms with van der Waals surface area (Å²) in [4.78, 5) is 26.4. The Morgan fingerprint density at radius 2 is 2.00 bits per heavy atom. The number of rotatable bonds is 5. The minimum Gasteiger partial charge on any atom is -0.386 e. The number of hydrogen-bond acceptors (Lipinski definition) is 6. The van der Waals surface area contributed by atoms with Crippen LogP contribution in [0.25, 0.3) is 0 Å². The molecule has 1 aromatic carbocycles. The number of primary amides is 1. The van der Waals surface area contributed by atoms with E-state index in [0.29, 0.717) is 48.9 Å².